The Morgan fingerprint density at radius 2 is 2.28 bits per heavy atom. The molecule has 0 radical (unpaired) electrons. The first-order valence-corrected chi connectivity index (χ1v) is 7.28. The van der Waals surface area contributed by atoms with E-state index in [9.17, 15) is 13.2 Å². The Kier molecular flexibility index (Phi) is 6.00. The van der Waals surface area contributed by atoms with Crippen molar-refractivity contribution in [1.82, 2.24) is 9.03 Å². The van der Waals surface area contributed by atoms with Crippen LogP contribution in [0, 0.1) is 0 Å². The zero-order valence-corrected chi connectivity index (χ0v) is 11.5. The lowest BCUT2D eigenvalue weighted by Crippen LogP contribution is -2.47. The summed E-state index contributed by atoms with van der Waals surface area (Å²) in [5.41, 5.74) is 0. The highest BCUT2D eigenvalue weighted by Gasteiger charge is 2.24. The fourth-order valence-corrected chi connectivity index (χ4v) is 2.72. The summed E-state index contributed by atoms with van der Waals surface area (Å²) in [6.07, 6.45) is 1.65. The molecule has 7 nitrogen and oxygen atoms in total. The molecule has 0 aliphatic carbocycles. The summed E-state index contributed by atoms with van der Waals surface area (Å²) in [6.45, 7) is 1.16. The monoisotopic (exact) mass is 280 g/mol. The van der Waals surface area contributed by atoms with Gasteiger partial charge < -0.3 is 9.47 Å². The number of carbonyl (C=O) groups excluding carboxylic acids is 1. The number of nitrogens with one attached hydrogen (secondary N) is 1. The Morgan fingerprint density at radius 1 is 1.56 bits per heavy atom. The van der Waals surface area contributed by atoms with Crippen LogP contribution in [-0.2, 0) is 24.5 Å². The van der Waals surface area contributed by atoms with Crippen LogP contribution in [0.2, 0.25) is 0 Å². The second-order valence-electron chi connectivity index (χ2n) is 4.18. The number of ether oxygens (including phenoxy) is 2. The van der Waals surface area contributed by atoms with Gasteiger partial charge in [0.05, 0.1) is 20.1 Å². The molecule has 1 aliphatic rings. The van der Waals surface area contributed by atoms with Gasteiger partial charge >= 0.3 is 5.97 Å². The Morgan fingerprint density at radius 3 is 2.83 bits per heavy atom. The van der Waals surface area contributed by atoms with E-state index in [1.54, 1.807) is 0 Å². The predicted molar refractivity (Wildman–Crippen MR) is 65.2 cm³/mol. The van der Waals surface area contributed by atoms with E-state index in [2.05, 4.69) is 9.46 Å². The summed E-state index contributed by atoms with van der Waals surface area (Å²) in [5.74, 6) is -0.432. The van der Waals surface area contributed by atoms with Crippen LogP contribution in [-0.4, -0.2) is 58.7 Å². The van der Waals surface area contributed by atoms with Crippen molar-refractivity contribution < 1.29 is 22.7 Å². The van der Waals surface area contributed by atoms with Crippen LogP contribution >= 0.6 is 0 Å². The van der Waals surface area contributed by atoms with E-state index >= 15 is 0 Å². The third kappa shape index (κ3) is 4.89. The minimum absolute atomic E-state index is 0.0368. The number of nitrogens with zero attached hydrogens (tertiary/aromatic N) is 1. The van der Waals surface area contributed by atoms with E-state index in [-0.39, 0.29) is 19.0 Å². The van der Waals surface area contributed by atoms with E-state index in [0.29, 0.717) is 13.2 Å². The second kappa shape index (κ2) is 7.03. The summed E-state index contributed by atoms with van der Waals surface area (Å²) in [5, 5.41) is 0. The molecular weight excluding hydrogens is 260 g/mol. The van der Waals surface area contributed by atoms with Crippen LogP contribution in [0.15, 0.2) is 0 Å². The van der Waals surface area contributed by atoms with Crippen molar-refractivity contribution in [3.05, 3.63) is 0 Å². The van der Waals surface area contributed by atoms with Gasteiger partial charge in [0.25, 0.3) is 10.2 Å². The summed E-state index contributed by atoms with van der Waals surface area (Å²) < 4.78 is 37.1. The van der Waals surface area contributed by atoms with E-state index < -0.39 is 16.2 Å². The number of carbonyl (C=O) groups is 1. The number of rotatable bonds is 6. The van der Waals surface area contributed by atoms with Crippen molar-refractivity contribution in [3.8, 4) is 0 Å². The molecule has 1 N–H and O–H groups in total. The van der Waals surface area contributed by atoms with Gasteiger partial charge in [0.15, 0.2) is 0 Å². The third-order valence-corrected chi connectivity index (χ3v) is 4.38. The van der Waals surface area contributed by atoms with Gasteiger partial charge in [-0.05, 0) is 12.8 Å². The molecule has 0 aromatic rings. The Balaban J connectivity index is 2.43. The molecule has 18 heavy (non-hydrogen) atoms. The number of esters is 1. The molecule has 1 unspecified atom stereocenters. The largest absolute Gasteiger partial charge is 0.469 e. The van der Waals surface area contributed by atoms with Crippen molar-refractivity contribution in [2.45, 2.75) is 25.3 Å². The molecule has 1 atom stereocenters. The molecular formula is C10H20N2O5S. The van der Waals surface area contributed by atoms with Gasteiger partial charge in [-0.2, -0.15) is 17.4 Å². The average molecular weight is 280 g/mol. The van der Waals surface area contributed by atoms with Crippen molar-refractivity contribution in [1.29, 1.82) is 0 Å². The van der Waals surface area contributed by atoms with Gasteiger partial charge in [-0.25, -0.2) is 0 Å². The first kappa shape index (κ1) is 15.4. The van der Waals surface area contributed by atoms with Crippen molar-refractivity contribution in [2.75, 3.05) is 33.9 Å². The average Bonchev–Trinajstić information content (AvgIpc) is 2.36. The topological polar surface area (TPSA) is 84.9 Å². The SMILES string of the molecule is COC(=O)CCN(C)S(=O)(=O)NC1CCCOC1. The molecule has 106 valence electrons. The normalized spacial score (nSPS) is 20.9. The van der Waals surface area contributed by atoms with E-state index in [1.807, 2.05) is 0 Å². The third-order valence-electron chi connectivity index (χ3n) is 2.74. The quantitative estimate of drug-likeness (QED) is 0.663. The molecule has 0 saturated carbocycles. The zero-order chi connectivity index (χ0) is 13.6. The highest BCUT2D eigenvalue weighted by atomic mass is 32.2. The second-order valence-corrected chi connectivity index (χ2v) is 5.99. The molecule has 1 rings (SSSR count). The smallest absolute Gasteiger partial charge is 0.306 e. The predicted octanol–water partition coefficient (Wildman–Crippen LogP) is -0.505. The number of hydrogen-bond acceptors (Lipinski definition) is 5. The van der Waals surface area contributed by atoms with Crippen LogP contribution < -0.4 is 4.72 Å². The fourth-order valence-electron chi connectivity index (χ4n) is 1.61. The summed E-state index contributed by atoms with van der Waals surface area (Å²) in [7, 11) is -0.870. The molecule has 1 fully saturated rings. The number of methoxy groups -OCH3 is 1. The molecule has 0 spiro atoms. The minimum atomic E-state index is -3.57. The van der Waals surface area contributed by atoms with Gasteiger partial charge in [-0.1, -0.05) is 0 Å². The summed E-state index contributed by atoms with van der Waals surface area (Å²) in [6, 6.07) is -0.190. The molecule has 0 aromatic carbocycles. The van der Waals surface area contributed by atoms with Crippen molar-refractivity contribution in [2.24, 2.45) is 0 Å². The molecule has 1 aliphatic heterocycles. The van der Waals surface area contributed by atoms with Crippen molar-refractivity contribution in [3.63, 3.8) is 0 Å². The Labute approximate surface area is 108 Å². The Hall–Kier alpha value is -0.700. The highest BCUT2D eigenvalue weighted by Crippen LogP contribution is 2.08. The Bertz CT molecular complexity index is 364. The van der Waals surface area contributed by atoms with Crippen LogP contribution in [0.5, 0.6) is 0 Å². The standard InChI is InChI=1S/C10H20N2O5S/c1-12(6-5-10(13)16-2)18(14,15)11-9-4-3-7-17-8-9/h9,11H,3-8H2,1-2H3. The summed E-state index contributed by atoms with van der Waals surface area (Å²) in [4.78, 5) is 10.9. The van der Waals surface area contributed by atoms with Gasteiger partial charge in [0.1, 0.15) is 0 Å². The first-order chi connectivity index (χ1) is 8.45. The molecule has 0 aromatic heterocycles. The molecule has 0 bridgehead atoms. The van der Waals surface area contributed by atoms with Crippen LogP contribution in [0.3, 0.4) is 0 Å². The van der Waals surface area contributed by atoms with Gasteiger partial charge in [0, 0.05) is 26.2 Å². The van der Waals surface area contributed by atoms with Crippen molar-refractivity contribution >= 4 is 16.2 Å². The van der Waals surface area contributed by atoms with Crippen LogP contribution in [0.4, 0.5) is 0 Å². The van der Waals surface area contributed by atoms with Crippen LogP contribution in [0.1, 0.15) is 19.3 Å². The lowest BCUT2D eigenvalue weighted by Gasteiger charge is -2.25. The lowest BCUT2D eigenvalue weighted by atomic mass is 10.1. The van der Waals surface area contributed by atoms with Gasteiger partial charge in [-0.15, -0.1) is 0 Å². The molecule has 8 heteroatoms. The van der Waals surface area contributed by atoms with Gasteiger partial charge in [0.2, 0.25) is 0 Å². The first-order valence-electron chi connectivity index (χ1n) is 5.84. The zero-order valence-electron chi connectivity index (χ0n) is 10.7. The van der Waals surface area contributed by atoms with E-state index in [4.69, 9.17) is 4.74 Å². The molecule has 1 heterocycles. The molecule has 1 saturated heterocycles. The maximum Gasteiger partial charge on any atom is 0.306 e. The minimum Gasteiger partial charge on any atom is -0.469 e. The number of hydrogen-bond donors (Lipinski definition) is 1. The fraction of sp³-hybridized carbons (Fsp3) is 0.900. The lowest BCUT2D eigenvalue weighted by molar-refractivity contribution is -0.140. The summed E-state index contributed by atoms with van der Waals surface area (Å²) >= 11 is 0. The van der Waals surface area contributed by atoms with E-state index in [1.165, 1.54) is 14.2 Å². The van der Waals surface area contributed by atoms with E-state index in [0.717, 1.165) is 17.1 Å². The van der Waals surface area contributed by atoms with Gasteiger partial charge in [-0.3, -0.25) is 4.79 Å². The van der Waals surface area contributed by atoms with Crippen LogP contribution in [0.25, 0.3) is 0 Å². The maximum atomic E-state index is 11.9. The molecule has 0 amide bonds. The highest BCUT2D eigenvalue weighted by molar-refractivity contribution is 7.87. The maximum absolute atomic E-state index is 11.9.